The number of ether oxygens (including phenoxy) is 1. The van der Waals surface area contributed by atoms with Gasteiger partial charge in [0.15, 0.2) is 6.23 Å². The lowest BCUT2D eigenvalue weighted by Crippen LogP contribution is -2.23. The largest absolute Gasteiger partial charge is 0.468 e. The molecule has 6 nitrogen and oxygen atoms in total. The molecule has 1 aliphatic heterocycles. The van der Waals surface area contributed by atoms with Gasteiger partial charge in [0.05, 0.1) is 32.2 Å². The highest BCUT2D eigenvalue weighted by Crippen LogP contribution is 2.27. The maximum absolute atomic E-state index is 6.21. The summed E-state index contributed by atoms with van der Waals surface area (Å²) in [5.41, 5.74) is 1.81. The summed E-state index contributed by atoms with van der Waals surface area (Å²) in [6.07, 6.45) is 3.39. The van der Waals surface area contributed by atoms with Crippen molar-refractivity contribution in [3.63, 3.8) is 0 Å². The Hall–Kier alpha value is -2.15. The molecule has 0 amide bonds. The summed E-state index contributed by atoms with van der Waals surface area (Å²) in [7, 11) is 0. The van der Waals surface area contributed by atoms with Gasteiger partial charge < -0.3 is 9.15 Å². The fraction of sp³-hybridized carbons (Fsp3) is 0.294. The first-order chi connectivity index (χ1) is 11.8. The predicted molar refractivity (Wildman–Crippen MR) is 88.4 cm³/mol. The van der Waals surface area contributed by atoms with E-state index < -0.39 is 0 Å². The topological polar surface area (TPSA) is 56.3 Å². The average molecular weight is 345 g/mol. The van der Waals surface area contributed by atoms with Crippen LogP contribution >= 0.6 is 11.6 Å². The lowest BCUT2D eigenvalue weighted by Gasteiger charge is -2.19. The molecule has 0 spiro atoms. The first kappa shape index (κ1) is 15.4. The van der Waals surface area contributed by atoms with Crippen molar-refractivity contribution in [2.45, 2.75) is 19.3 Å². The van der Waals surface area contributed by atoms with Crippen LogP contribution in [0, 0.1) is 0 Å². The molecule has 4 rings (SSSR count). The van der Waals surface area contributed by atoms with E-state index >= 15 is 0 Å². The van der Waals surface area contributed by atoms with Crippen LogP contribution in [-0.4, -0.2) is 33.0 Å². The number of nitrogens with zero attached hydrogens (tertiary/aromatic N) is 4. The zero-order valence-electron chi connectivity index (χ0n) is 13.0. The first-order valence-electron chi connectivity index (χ1n) is 7.81. The standard InChI is InChI=1S/C17H17ClN4O2/c18-15-6-2-1-4-13(15)10-22-12-16(19-20-22)17-21(7-9-24-17)11-14-5-3-8-23-14/h1-6,8,12,17H,7,9-11H2. The number of aromatic nitrogens is 3. The van der Waals surface area contributed by atoms with Gasteiger partial charge in [0, 0.05) is 11.6 Å². The highest BCUT2D eigenvalue weighted by Gasteiger charge is 2.30. The van der Waals surface area contributed by atoms with E-state index in [9.17, 15) is 0 Å². The van der Waals surface area contributed by atoms with Crippen molar-refractivity contribution in [2.24, 2.45) is 0 Å². The molecule has 1 aromatic carbocycles. The molecule has 3 heterocycles. The molecular formula is C17H17ClN4O2. The van der Waals surface area contributed by atoms with E-state index in [2.05, 4.69) is 15.2 Å². The van der Waals surface area contributed by atoms with E-state index in [0.29, 0.717) is 19.7 Å². The third-order valence-corrected chi connectivity index (χ3v) is 4.39. The summed E-state index contributed by atoms with van der Waals surface area (Å²) in [6.45, 7) is 2.78. The van der Waals surface area contributed by atoms with Crippen molar-refractivity contribution >= 4 is 11.6 Å². The number of hydrogen-bond donors (Lipinski definition) is 0. The van der Waals surface area contributed by atoms with Gasteiger partial charge in [-0.05, 0) is 23.8 Å². The number of hydrogen-bond acceptors (Lipinski definition) is 5. The van der Waals surface area contributed by atoms with E-state index in [1.54, 1.807) is 10.9 Å². The van der Waals surface area contributed by atoms with Crippen molar-refractivity contribution in [1.82, 2.24) is 19.9 Å². The van der Waals surface area contributed by atoms with Gasteiger partial charge in [0.25, 0.3) is 0 Å². The van der Waals surface area contributed by atoms with Crippen molar-refractivity contribution in [2.75, 3.05) is 13.2 Å². The van der Waals surface area contributed by atoms with Crippen LogP contribution < -0.4 is 0 Å². The quantitative estimate of drug-likeness (QED) is 0.712. The molecule has 1 aliphatic rings. The molecule has 1 fully saturated rings. The Morgan fingerprint density at radius 3 is 2.92 bits per heavy atom. The van der Waals surface area contributed by atoms with E-state index in [1.165, 1.54) is 0 Å². The van der Waals surface area contributed by atoms with Crippen molar-refractivity contribution < 1.29 is 9.15 Å². The van der Waals surface area contributed by atoms with Gasteiger partial charge in [-0.3, -0.25) is 4.90 Å². The smallest absolute Gasteiger partial charge is 0.157 e. The monoisotopic (exact) mass is 344 g/mol. The lowest BCUT2D eigenvalue weighted by molar-refractivity contribution is 0.0223. The molecule has 7 heteroatoms. The Morgan fingerprint density at radius 1 is 1.17 bits per heavy atom. The summed E-state index contributed by atoms with van der Waals surface area (Å²) in [5.74, 6) is 0.911. The van der Waals surface area contributed by atoms with Gasteiger partial charge in [-0.2, -0.15) is 0 Å². The van der Waals surface area contributed by atoms with E-state index in [-0.39, 0.29) is 6.23 Å². The van der Waals surface area contributed by atoms with Gasteiger partial charge in [-0.25, -0.2) is 4.68 Å². The number of rotatable bonds is 5. The lowest BCUT2D eigenvalue weighted by atomic mass is 10.2. The molecule has 3 aromatic rings. The summed E-state index contributed by atoms with van der Waals surface area (Å²) >= 11 is 6.21. The second-order valence-corrected chi connectivity index (χ2v) is 6.11. The summed E-state index contributed by atoms with van der Waals surface area (Å²) in [6, 6.07) is 11.6. The summed E-state index contributed by atoms with van der Waals surface area (Å²) in [4.78, 5) is 2.18. The molecule has 0 radical (unpaired) electrons. The Balaban J connectivity index is 1.48. The highest BCUT2D eigenvalue weighted by molar-refractivity contribution is 6.31. The van der Waals surface area contributed by atoms with Crippen molar-refractivity contribution in [3.8, 4) is 0 Å². The fourth-order valence-electron chi connectivity index (χ4n) is 2.85. The average Bonchev–Trinajstić information content (AvgIpc) is 3.32. The second-order valence-electron chi connectivity index (χ2n) is 5.71. The molecule has 0 bridgehead atoms. The Bertz CT molecular complexity index is 803. The first-order valence-corrected chi connectivity index (χ1v) is 8.19. The Kier molecular flexibility index (Phi) is 4.34. The van der Waals surface area contributed by atoms with Crippen LogP contribution in [0.5, 0.6) is 0 Å². The van der Waals surface area contributed by atoms with Gasteiger partial charge in [0.2, 0.25) is 0 Å². The van der Waals surface area contributed by atoms with E-state index in [0.717, 1.165) is 28.6 Å². The highest BCUT2D eigenvalue weighted by atomic mass is 35.5. The fourth-order valence-corrected chi connectivity index (χ4v) is 3.04. The minimum Gasteiger partial charge on any atom is -0.468 e. The normalized spacial score (nSPS) is 18.3. The number of benzene rings is 1. The molecular weight excluding hydrogens is 328 g/mol. The molecule has 0 N–H and O–H groups in total. The van der Waals surface area contributed by atoms with Crippen molar-refractivity contribution in [3.05, 3.63) is 70.9 Å². The molecule has 24 heavy (non-hydrogen) atoms. The molecule has 1 saturated heterocycles. The minimum atomic E-state index is -0.199. The van der Waals surface area contributed by atoms with Gasteiger partial charge in [0.1, 0.15) is 11.5 Å². The molecule has 2 aromatic heterocycles. The summed E-state index contributed by atoms with van der Waals surface area (Å²) in [5, 5.41) is 9.21. The number of halogens is 1. The maximum Gasteiger partial charge on any atom is 0.157 e. The zero-order chi connectivity index (χ0) is 16.4. The van der Waals surface area contributed by atoms with Crippen LogP contribution in [0.3, 0.4) is 0 Å². The predicted octanol–water partition coefficient (Wildman–Crippen LogP) is 3.10. The van der Waals surface area contributed by atoms with Crippen LogP contribution in [0.4, 0.5) is 0 Å². The molecule has 1 atom stereocenters. The molecule has 0 saturated carbocycles. The third-order valence-electron chi connectivity index (χ3n) is 4.02. The maximum atomic E-state index is 6.21. The molecule has 1 unspecified atom stereocenters. The zero-order valence-corrected chi connectivity index (χ0v) is 13.8. The number of furan rings is 1. The minimum absolute atomic E-state index is 0.199. The van der Waals surface area contributed by atoms with Gasteiger partial charge in [-0.15, -0.1) is 5.10 Å². The Morgan fingerprint density at radius 2 is 2.08 bits per heavy atom. The SMILES string of the molecule is Clc1ccccc1Cn1cc(C2OCCN2Cc2ccco2)nn1. The van der Waals surface area contributed by atoms with Gasteiger partial charge >= 0.3 is 0 Å². The van der Waals surface area contributed by atoms with Crippen LogP contribution in [0.15, 0.2) is 53.3 Å². The van der Waals surface area contributed by atoms with E-state index in [4.69, 9.17) is 20.8 Å². The molecule has 0 aliphatic carbocycles. The second kappa shape index (κ2) is 6.76. The van der Waals surface area contributed by atoms with E-state index in [1.807, 2.05) is 42.6 Å². The third kappa shape index (κ3) is 3.21. The van der Waals surface area contributed by atoms with Crippen molar-refractivity contribution in [1.29, 1.82) is 0 Å². The van der Waals surface area contributed by atoms with Gasteiger partial charge in [-0.1, -0.05) is 35.0 Å². The van der Waals surface area contributed by atoms with Crippen LogP contribution in [0.25, 0.3) is 0 Å². The van der Waals surface area contributed by atoms with Crippen LogP contribution in [0.1, 0.15) is 23.2 Å². The molecule has 124 valence electrons. The summed E-state index contributed by atoms with van der Waals surface area (Å²) < 4.78 is 13.0. The van der Waals surface area contributed by atoms with Crippen LogP contribution in [0.2, 0.25) is 5.02 Å². The Labute approximate surface area is 144 Å². The van der Waals surface area contributed by atoms with Crippen LogP contribution in [-0.2, 0) is 17.8 Å².